The maximum atomic E-state index is 4.18. The normalized spacial score (nSPS) is 11.5. The molecule has 1 nitrogen and oxygen atoms in total. The number of rotatable bonds is 4. The van der Waals surface area contributed by atoms with Gasteiger partial charge < -0.3 is 5.32 Å². The van der Waals surface area contributed by atoms with Gasteiger partial charge in [-0.1, -0.05) is 32.9 Å². The monoisotopic (exact) mass is 223 g/mol. The summed E-state index contributed by atoms with van der Waals surface area (Å²) >= 11 is 4.18. The Morgan fingerprint density at radius 2 is 1.73 bits per heavy atom. The summed E-state index contributed by atoms with van der Waals surface area (Å²) in [4.78, 5) is 0. The topological polar surface area (TPSA) is 12.0 Å². The van der Waals surface area contributed by atoms with Gasteiger partial charge in [-0.2, -0.15) is 12.6 Å². The second-order valence-electron chi connectivity index (χ2n) is 4.83. The maximum absolute atomic E-state index is 4.18. The van der Waals surface area contributed by atoms with E-state index in [1.165, 1.54) is 11.3 Å². The van der Waals surface area contributed by atoms with E-state index in [4.69, 9.17) is 0 Å². The van der Waals surface area contributed by atoms with Crippen LogP contribution in [0, 0.1) is 0 Å². The fourth-order valence-corrected chi connectivity index (χ4v) is 1.56. The summed E-state index contributed by atoms with van der Waals surface area (Å²) in [7, 11) is 0. The number of thiol groups is 1. The predicted molar refractivity (Wildman–Crippen MR) is 72.1 cm³/mol. The SMILES string of the molecule is CC(C)(C)c1ccc(NCCCS)cc1. The minimum Gasteiger partial charge on any atom is -0.385 e. The van der Waals surface area contributed by atoms with Gasteiger partial charge in [0.15, 0.2) is 0 Å². The molecule has 2 heteroatoms. The van der Waals surface area contributed by atoms with Gasteiger partial charge in [0.05, 0.1) is 0 Å². The molecule has 0 aliphatic heterocycles. The van der Waals surface area contributed by atoms with Crippen molar-refractivity contribution in [1.82, 2.24) is 0 Å². The van der Waals surface area contributed by atoms with E-state index in [-0.39, 0.29) is 5.41 Å². The molecule has 0 aromatic heterocycles. The number of nitrogens with one attached hydrogen (secondary N) is 1. The molecule has 84 valence electrons. The molecule has 1 N–H and O–H groups in total. The zero-order valence-electron chi connectivity index (χ0n) is 9.88. The highest BCUT2D eigenvalue weighted by Crippen LogP contribution is 2.23. The number of benzene rings is 1. The molecule has 0 saturated carbocycles. The van der Waals surface area contributed by atoms with Crippen LogP contribution in [0.5, 0.6) is 0 Å². The molecule has 0 radical (unpaired) electrons. The summed E-state index contributed by atoms with van der Waals surface area (Å²) in [6, 6.07) is 8.70. The van der Waals surface area contributed by atoms with Crippen molar-refractivity contribution in [2.75, 3.05) is 17.6 Å². The van der Waals surface area contributed by atoms with Crippen LogP contribution in [0.25, 0.3) is 0 Å². The lowest BCUT2D eigenvalue weighted by atomic mass is 9.87. The molecule has 0 amide bonds. The summed E-state index contributed by atoms with van der Waals surface area (Å²) in [6.07, 6.45) is 1.10. The molecule has 1 aromatic rings. The van der Waals surface area contributed by atoms with Crippen LogP contribution in [-0.4, -0.2) is 12.3 Å². The Kier molecular flexibility index (Phi) is 4.52. The summed E-state index contributed by atoms with van der Waals surface area (Å²) < 4.78 is 0. The smallest absolute Gasteiger partial charge is 0.0340 e. The molecule has 0 atom stereocenters. The van der Waals surface area contributed by atoms with E-state index in [2.05, 4.69) is 63.0 Å². The summed E-state index contributed by atoms with van der Waals surface area (Å²) in [5, 5.41) is 3.38. The van der Waals surface area contributed by atoms with Gasteiger partial charge in [0.1, 0.15) is 0 Å². The summed E-state index contributed by atoms with van der Waals surface area (Å²) in [5.41, 5.74) is 2.82. The van der Waals surface area contributed by atoms with Crippen molar-refractivity contribution in [2.24, 2.45) is 0 Å². The van der Waals surface area contributed by atoms with Gasteiger partial charge in [-0.05, 0) is 35.3 Å². The molecule has 0 fully saturated rings. The molecule has 0 unspecified atom stereocenters. The van der Waals surface area contributed by atoms with Crippen molar-refractivity contribution in [3.8, 4) is 0 Å². The van der Waals surface area contributed by atoms with Crippen LogP contribution in [0.4, 0.5) is 5.69 Å². The molecular weight excluding hydrogens is 202 g/mol. The molecule has 15 heavy (non-hydrogen) atoms. The second-order valence-corrected chi connectivity index (χ2v) is 5.28. The van der Waals surface area contributed by atoms with Crippen LogP contribution in [0.3, 0.4) is 0 Å². The number of anilines is 1. The van der Waals surface area contributed by atoms with Crippen LogP contribution in [0.1, 0.15) is 32.8 Å². The van der Waals surface area contributed by atoms with Gasteiger partial charge in [0.2, 0.25) is 0 Å². The van der Waals surface area contributed by atoms with Crippen molar-refractivity contribution in [3.05, 3.63) is 29.8 Å². The van der Waals surface area contributed by atoms with Crippen molar-refractivity contribution in [2.45, 2.75) is 32.6 Å². The molecule has 0 heterocycles. The highest BCUT2D eigenvalue weighted by Gasteiger charge is 2.12. The van der Waals surface area contributed by atoms with Crippen molar-refractivity contribution >= 4 is 18.3 Å². The lowest BCUT2D eigenvalue weighted by Crippen LogP contribution is -2.11. The van der Waals surface area contributed by atoms with E-state index < -0.39 is 0 Å². The fourth-order valence-electron chi connectivity index (χ4n) is 1.40. The predicted octanol–water partition coefficient (Wildman–Crippen LogP) is 3.72. The third-order valence-electron chi connectivity index (χ3n) is 2.41. The zero-order valence-corrected chi connectivity index (χ0v) is 10.8. The first kappa shape index (κ1) is 12.4. The Morgan fingerprint density at radius 3 is 2.20 bits per heavy atom. The van der Waals surface area contributed by atoms with Gasteiger partial charge in [-0.25, -0.2) is 0 Å². The Labute approximate surface area is 98.7 Å². The Balaban J connectivity index is 2.57. The Bertz CT molecular complexity index is 284. The second kappa shape index (κ2) is 5.45. The summed E-state index contributed by atoms with van der Waals surface area (Å²) in [6.45, 7) is 7.70. The van der Waals surface area contributed by atoms with Crippen LogP contribution >= 0.6 is 12.6 Å². The highest BCUT2D eigenvalue weighted by atomic mass is 32.1. The lowest BCUT2D eigenvalue weighted by Gasteiger charge is -2.19. The molecule has 0 bridgehead atoms. The largest absolute Gasteiger partial charge is 0.385 e. The minimum absolute atomic E-state index is 0.240. The first-order chi connectivity index (χ1) is 7.04. The Morgan fingerprint density at radius 1 is 1.13 bits per heavy atom. The summed E-state index contributed by atoms with van der Waals surface area (Å²) in [5.74, 6) is 0.938. The van der Waals surface area contributed by atoms with Gasteiger partial charge in [0.25, 0.3) is 0 Å². The number of hydrogen-bond acceptors (Lipinski definition) is 2. The molecule has 1 rings (SSSR count). The van der Waals surface area contributed by atoms with Crippen LogP contribution in [-0.2, 0) is 5.41 Å². The molecule has 0 aliphatic rings. The minimum atomic E-state index is 0.240. The van der Waals surface area contributed by atoms with Crippen molar-refractivity contribution < 1.29 is 0 Å². The van der Waals surface area contributed by atoms with Gasteiger partial charge >= 0.3 is 0 Å². The first-order valence-corrected chi connectivity index (χ1v) is 6.12. The van der Waals surface area contributed by atoms with Crippen LogP contribution in [0.2, 0.25) is 0 Å². The third-order valence-corrected chi connectivity index (χ3v) is 2.73. The van der Waals surface area contributed by atoms with E-state index in [0.29, 0.717) is 0 Å². The Hall–Kier alpha value is -0.630. The highest BCUT2D eigenvalue weighted by molar-refractivity contribution is 7.80. The molecule has 0 spiro atoms. The number of hydrogen-bond donors (Lipinski definition) is 2. The fraction of sp³-hybridized carbons (Fsp3) is 0.538. The van der Waals surface area contributed by atoms with E-state index in [9.17, 15) is 0 Å². The average molecular weight is 223 g/mol. The van der Waals surface area contributed by atoms with Crippen molar-refractivity contribution in [1.29, 1.82) is 0 Å². The van der Waals surface area contributed by atoms with E-state index in [1.807, 2.05) is 0 Å². The van der Waals surface area contributed by atoms with Crippen LogP contribution < -0.4 is 5.32 Å². The maximum Gasteiger partial charge on any atom is 0.0340 e. The van der Waals surface area contributed by atoms with E-state index in [1.54, 1.807) is 0 Å². The van der Waals surface area contributed by atoms with Gasteiger partial charge in [-0.3, -0.25) is 0 Å². The molecular formula is C13H21NS. The molecule has 0 saturated heterocycles. The lowest BCUT2D eigenvalue weighted by molar-refractivity contribution is 0.590. The van der Waals surface area contributed by atoms with Gasteiger partial charge in [-0.15, -0.1) is 0 Å². The molecule has 0 aliphatic carbocycles. The molecule has 1 aromatic carbocycles. The average Bonchev–Trinajstić information content (AvgIpc) is 2.18. The standard InChI is InChI=1S/C13H21NS/c1-13(2,3)11-5-7-12(8-6-11)14-9-4-10-15/h5-8,14-15H,4,9-10H2,1-3H3. The third kappa shape index (κ3) is 4.17. The van der Waals surface area contributed by atoms with Gasteiger partial charge in [0, 0.05) is 12.2 Å². The van der Waals surface area contributed by atoms with E-state index in [0.717, 1.165) is 18.7 Å². The van der Waals surface area contributed by atoms with Crippen LogP contribution in [0.15, 0.2) is 24.3 Å². The van der Waals surface area contributed by atoms with Crippen molar-refractivity contribution in [3.63, 3.8) is 0 Å². The quantitative estimate of drug-likeness (QED) is 0.585. The zero-order chi connectivity index (χ0) is 11.3. The first-order valence-electron chi connectivity index (χ1n) is 5.49. The van der Waals surface area contributed by atoms with E-state index >= 15 is 0 Å².